The number of nitrogens with one attached hydrogen (secondary N) is 1. The maximum absolute atomic E-state index is 13.2. The number of nitrogens with zero attached hydrogens (tertiary/aromatic N) is 1. The summed E-state index contributed by atoms with van der Waals surface area (Å²) < 4.78 is 6.90. The van der Waals surface area contributed by atoms with E-state index in [0.717, 1.165) is 10.4 Å². The standard InChI is InChI=1S/C29H34N2O5Si/c1-28(2,3)37(24-15-8-6-9-16-24,25-17-10-7-11-18-25)36-21-29(4,5)27(33)30-20-26(32)22-13-12-14-23(19-22)31(34)35/h6-19H,20-21H2,1-5H3,(H,30,33). The van der Waals surface area contributed by atoms with Crippen molar-refractivity contribution in [2.45, 2.75) is 39.7 Å². The summed E-state index contributed by atoms with van der Waals surface area (Å²) >= 11 is 0. The zero-order valence-electron chi connectivity index (χ0n) is 22.0. The number of rotatable bonds is 10. The summed E-state index contributed by atoms with van der Waals surface area (Å²) in [5.41, 5.74) is -0.928. The Morgan fingerprint density at radius 1 is 0.865 bits per heavy atom. The monoisotopic (exact) mass is 518 g/mol. The first-order valence-corrected chi connectivity index (χ1v) is 14.1. The van der Waals surface area contributed by atoms with Gasteiger partial charge in [0.25, 0.3) is 14.0 Å². The third kappa shape index (κ3) is 6.21. The molecule has 3 rings (SSSR count). The number of amides is 1. The van der Waals surface area contributed by atoms with E-state index in [1.165, 1.54) is 24.3 Å². The Morgan fingerprint density at radius 2 is 1.41 bits per heavy atom. The van der Waals surface area contributed by atoms with Crippen LogP contribution in [0, 0.1) is 15.5 Å². The number of benzene rings is 3. The molecule has 0 atom stereocenters. The number of ketones is 1. The van der Waals surface area contributed by atoms with E-state index in [9.17, 15) is 19.7 Å². The molecule has 1 N–H and O–H groups in total. The third-order valence-corrected chi connectivity index (χ3v) is 11.5. The van der Waals surface area contributed by atoms with Crippen molar-refractivity contribution < 1.29 is 18.9 Å². The molecule has 0 saturated heterocycles. The van der Waals surface area contributed by atoms with E-state index in [1.54, 1.807) is 13.8 Å². The van der Waals surface area contributed by atoms with Crippen LogP contribution in [0.2, 0.25) is 5.04 Å². The molecule has 0 bridgehead atoms. The van der Waals surface area contributed by atoms with Crippen molar-refractivity contribution in [2.24, 2.45) is 5.41 Å². The summed E-state index contributed by atoms with van der Waals surface area (Å²) in [6, 6.07) is 25.8. The van der Waals surface area contributed by atoms with Gasteiger partial charge >= 0.3 is 0 Å². The molecule has 0 unspecified atom stereocenters. The van der Waals surface area contributed by atoms with Gasteiger partial charge in [-0.2, -0.15) is 0 Å². The fourth-order valence-electron chi connectivity index (χ4n) is 4.41. The number of nitro groups is 1. The molecule has 37 heavy (non-hydrogen) atoms. The van der Waals surface area contributed by atoms with Crippen LogP contribution in [0.4, 0.5) is 5.69 Å². The average Bonchev–Trinajstić information content (AvgIpc) is 2.87. The average molecular weight is 519 g/mol. The van der Waals surface area contributed by atoms with Gasteiger partial charge in [-0.3, -0.25) is 19.7 Å². The summed E-state index contributed by atoms with van der Waals surface area (Å²) in [4.78, 5) is 36.2. The second kappa shape index (κ2) is 11.2. The Morgan fingerprint density at radius 3 is 1.89 bits per heavy atom. The summed E-state index contributed by atoms with van der Waals surface area (Å²) in [7, 11) is -2.83. The molecule has 0 aliphatic heterocycles. The first kappa shape index (κ1) is 28.0. The first-order chi connectivity index (χ1) is 17.4. The molecule has 3 aromatic carbocycles. The first-order valence-electron chi connectivity index (χ1n) is 12.2. The van der Waals surface area contributed by atoms with Crippen LogP contribution >= 0.6 is 0 Å². The van der Waals surface area contributed by atoms with Crippen LogP contribution in [0.25, 0.3) is 0 Å². The predicted octanol–water partition coefficient (Wildman–Crippen LogP) is 4.50. The van der Waals surface area contributed by atoms with Gasteiger partial charge in [0.1, 0.15) is 0 Å². The number of non-ortho nitro benzene ring substituents is 1. The van der Waals surface area contributed by atoms with Gasteiger partial charge in [0, 0.05) is 24.3 Å². The maximum Gasteiger partial charge on any atom is 0.270 e. The minimum atomic E-state index is -2.83. The molecule has 0 aromatic heterocycles. The van der Waals surface area contributed by atoms with Crippen molar-refractivity contribution >= 4 is 36.1 Å². The van der Waals surface area contributed by atoms with Gasteiger partial charge in [-0.05, 0) is 29.3 Å². The van der Waals surface area contributed by atoms with E-state index in [2.05, 4.69) is 50.4 Å². The third-order valence-electron chi connectivity index (χ3n) is 6.47. The molecule has 8 heteroatoms. The molecular weight excluding hydrogens is 484 g/mol. The summed E-state index contributed by atoms with van der Waals surface area (Å²) in [5.74, 6) is -0.732. The topological polar surface area (TPSA) is 98.5 Å². The van der Waals surface area contributed by atoms with Crippen LogP contribution < -0.4 is 15.7 Å². The molecule has 0 heterocycles. The number of nitro benzene ring substituents is 1. The van der Waals surface area contributed by atoms with Crippen molar-refractivity contribution in [3.63, 3.8) is 0 Å². The molecule has 0 aliphatic rings. The minimum absolute atomic E-state index is 0.150. The van der Waals surface area contributed by atoms with Crippen LogP contribution in [-0.4, -0.2) is 38.1 Å². The number of carbonyl (C=O) groups excluding carboxylic acids is 2. The molecule has 7 nitrogen and oxygen atoms in total. The quantitative estimate of drug-likeness (QED) is 0.184. The normalized spacial score (nSPS) is 12.1. The Balaban J connectivity index is 1.81. The van der Waals surface area contributed by atoms with E-state index in [0.29, 0.717) is 0 Å². The van der Waals surface area contributed by atoms with E-state index < -0.39 is 24.4 Å². The minimum Gasteiger partial charge on any atom is -0.406 e. The van der Waals surface area contributed by atoms with Crippen molar-refractivity contribution in [3.05, 3.63) is 101 Å². The van der Waals surface area contributed by atoms with Gasteiger partial charge in [-0.15, -0.1) is 0 Å². The van der Waals surface area contributed by atoms with Crippen molar-refractivity contribution in [2.75, 3.05) is 13.2 Å². The molecular formula is C29H34N2O5Si. The number of Topliss-reactive ketones (excluding diaryl/α,β-unsaturated/α-hetero) is 1. The van der Waals surface area contributed by atoms with Crippen molar-refractivity contribution in [3.8, 4) is 0 Å². The lowest BCUT2D eigenvalue weighted by atomic mass is 9.93. The predicted molar refractivity (Wildman–Crippen MR) is 148 cm³/mol. The van der Waals surface area contributed by atoms with Gasteiger partial charge in [0.15, 0.2) is 5.78 Å². The molecule has 0 fully saturated rings. The highest BCUT2D eigenvalue weighted by Gasteiger charge is 2.51. The van der Waals surface area contributed by atoms with Gasteiger partial charge < -0.3 is 9.74 Å². The molecule has 0 radical (unpaired) electrons. The number of hydrogen-bond acceptors (Lipinski definition) is 5. The number of hydrogen-bond donors (Lipinski definition) is 1. The lowest BCUT2D eigenvalue weighted by molar-refractivity contribution is -0.384. The Hall–Kier alpha value is -3.62. The lowest BCUT2D eigenvalue weighted by Crippen LogP contribution is -2.67. The van der Waals surface area contributed by atoms with Crippen molar-refractivity contribution in [1.82, 2.24) is 5.32 Å². The molecule has 0 saturated carbocycles. The molecule has 3 aromatic rings. The van der Waals surface area contributed by atoms with Crippen LogP contribution in [0.1, 0.15) is 45.0 Å². The zero-order chi connectivity index (χ0) is 27.3. The summed E-state index contributed by atoms with van der Waals surface area (Å²) in [5, 5.41) is 15.7. The summed E-state index contributed by atoms with van der Waals surface area (Å²) in [6.45, 7) is 9.98. The van der Waals surface area contributed by atoms with E-state index in [4.69, 9.17) is 4.43 Å². The SMILES string of the molecule is CC(C)(CO[Si](c1ccccc1)(c1ccccc1)C(C)(C)C)C(=O)NCC(=O)c1cccc([N+](=O)[O-])c1. The van der Waals surface area contributed by atoms with E-state index in [-0.39, 0.29) is 35.3 Å². The van der Waals surface area contributed by atoms with Gasteiger partial charge in [0.05, 0.1) is 16.9 Å². The van der Waals surface area contributed by atoms with E-state index in [1.807, 2.05) is 36.4 Å². The maximum atomic E-state index is 13.2. The van der Waals surface area contributed by atoms with Gasteiger partial charge in [-0.1, -0.05) is 93.6 Å². The van der Waals surface area contributed by atoms with Crippen LogP contribution in [0.5, 0.6) is 0 Å². The zero-order valence-corrected chi connectivity index (χ0v) is 23.0. The molecule has 0 aliphatic carbocycles. The van der Waals surface area contributed by atoms with Crippen LogP contribution in [-0.2, 0) is 9.22 Å². The Kier molecular flexibility index (Phi) is 8.45. The fraction of sp³-hybridized carbons (Fsp3) is 0.310. The highest BCUT2D eigenvalue weighted by Crippen LogP contribution is 2.37. The second-order valence-electron chi connectivity index (χ2n) is 10.7. The second-order valence-corrected chi connectivity index (χ2v) is 15.1. The molecule has 194 valence electrons. The summed E-state index contributed by atoms with van der Waals surface area (Å²) in [6.07, 6.45) is 0. The van der Waals surface area contributed by atoms with Crippen LogP contribution in [0.15, 0.2) is 84.9 Å². The highest BCUT2D eigenvalue weighted by molar-refractivity contribution is 6.99. The number of carbonyl (C=O) groups is 2. The molecule has 0 spiro atoms. The van der Waals surface area contributed by atoms with Gasteiger partial charge in [-0.25, -0.2) is 0 Å². The molecule has 1 amide bonds. The largest absolute Gasteiger partial charge is 0.406 e. The Labute approximate surface area is 219 Å². The van der Waals surface area contributed by atoms with Gasteiger partial charge in [0.2, 0.25) is 5.91 Å². The van der Waals surface area contributed by atoms with Crippen molar-refractivity contribution in [1.29, 1.82) is 0 Å². The Bertz CT molecular complexity index is 1210. The smallest absolute Gasteiger partial charge is 0.270 e. The lowest BCUT2D eigenvalue weighted by Gasteiger charge is -2.44. The van der Waals surface area contributed by atoms with Crippen LogP contribution in [0.3, 0.4) is 0 Å². The highest BCUT2D eigenvalue weighted by atomic mass is 28.4. The fourth-order valence-corrected chi connectivity index (χ4v) is 9.14. The van der Waals surface area contributed by atoms with E-state index >= 15 is 0 Å².